The van der Waals surface area contributed by atoms with E-state index in [9.17, 15) is 14.4 Å². The van der Waals surface area contributed by atoms with Gasteiger partial charge in [0.05, 0.1) is 17.4 Å². The highest BCUT2D eigenvalue weighted by molar-refractivity contribution is 8.18. The van der Waals surface area contributed by atoms with Gasteiger partial charge in [0.25, 0.3) is 11.1 Å². The van der Waals surface area contributed by atoms with Gasteiger partial charge in [-0.25, -0.2) is 0 Å². The molecule has 0 spiro atoms. The maximum atomic E-state index is 12.2. The van der Waals surface area contributed by atoms with E-state index < -0.39 is 11.1 Å². The van der Waals surface area contributed by atoms with Crippen LogP contribution >= 0.6 is 11.8 Å². The van der Waals surface area contributed by atoms with Crippen LogP contribution in [0.3, 0.4) is 0 Å². The number of hydrogen-bond acceptors (Lipinski definition) is 5. The molecule has 0 N–H and O–H groups in total. The van der Waals surface area contributed by atoms with E-state index in [4.69, 9.17) is 4.42 Å². The van der Waals surface area contributed by atoms with Gasteiger partial charge in [0.15, 0.2) is 0 Å². The van der Waals surface area contributed by atoms with Gasteiger partial charge in [-0.3, -0.25) is 19.3 Å². The quantitative estimate of drug-likeness (QED) is 0.798. The lowest BCUT2D eigenvalue weighted by atomic mass is 10.3. The first kappa shape index (κ1) is 13.9. The molecule has 3 rings (SSSR count). The second kappa shape index (κ2) is 5.77. The molecule has 7 heteroatoms. The van der Waals surface area contributed by atoms with Crippen molar-refractivity contribution in [3.05, 3.63) is 29.1 Å². The van der Waals surface area contributed by atoms with Crippen LogP contribution in [0.15, 0.2) is 27.9 Å². The fourth-order valence-corrected chi connectivity index (χ4v) is 3.18. The van der Waals surface area contributed by atoms with E-state index in [0.29, 0.717) is 23.6 Å². The molecule has 6 nitrogen and oxygen atoms in total. The first-order valence-corrected chi connectivity index (χ1v) is 7.52. The molecule has 1 aromatic rings. The lowest BCUT2D eigenvalue weighted by Crippen LogP contribution is -2.40. The Morgan fingerprint density at radius 3 is 2.76 bits per heavy atom. The zero-order valence-corrected chi connectivity index (χ0v) is 12.1. The Bertz CT molecular complexity index is 603. The van der Waals surface area contributed by atoms with Crippen LogP contribution < -0.4 is 0 Å². The first-order chi connectivity index (χ1) is 10.1. The summed E-state index contributed by atoms with van der Waals surface area (Å²) >= 11 is 0.851. The van der Waals surface area contributed by atoms with Crippen molar-refractivity contribution in [2.24, 2.45) is 0 Å². The summed E-state index contributed by atoms with van der Waals surface area (Å²) in [5.41, 5.74) is 0.714. The van der Waals surface area contributed by atoms with Crippen molar-refractivity contribution in [3.63, 3.8) is 0 Å². The number of likely N-dealkylation sites (tertiary alicyclic amines) is 1. The van der Waals surface area contributed by atoms with Gasteiger partial charge in [0, 0.05) is 18.7 Å². The monoisotopic (exact) mass is 306 g/mol. The molecule has 2 aliphatic rings. The fraction of sp³-hybridized carbons (Fsp3) is 0.357. The van der Waals surface area contributed by atoms with Gasteiger partial charge < -0.3 is 9.32 Å². The number of amides is 3. The SMILES string of the molecule is O=C(CN1C(=O)S/C(=C/c2ccoc2)C1=O)N1CCCC1. The van der Waals surface area contributed by atoms with Crippen LogP contribution in [0.1, 0.15) is 18.4 Å². The molecular weight excluding hydrogens is 292 g/mol. The summed E-state index contributed by atoms with van der Waals surface area (Å²) in [5.74, 6) is -0.585. The molecule has 0 aromatic carbocycles. The number of thioether (sulfide) groups is 1. The van der Waals surface area contributed by atoms with E-state index in [-0.39, 0.29) is 12.5 Å². The van der Waals surface area contributed by atoms with Gasteiger partial charge in [-0.05, 0) is 36.7 Å². The molecule has 110 valence electrons. The minimum Gasteiger partial charge on any atom is -0.472 e. The minimum atomic E-state index is -0.418. The van der Waals surface area contributed by atoms with Crippen molar-refractivity contribution < 1.29 is 18.8 Å². The molecule has 2 aliphatic heterocycles. The Kier molecular flexibility index (Phi) is 3.83. The number of nitrogens with zero attached hydrogens (tertiary/aromatic N) is 2. The third kappa shape index (κ3) is 2.87. The Labute approximate surface area is 125 Å². The standard InChI is InChI=1S/C14H14N2O4S/c17-12(15-4-1-2-5-15)8-16-13(18)11(21-14(16)19)7-10-3-6-20-9-10/h3,6-7,9H,1-2,4-5,8H2/b11-7+. The summed E-state index contributed by atoms with van der Waals surface area (Å²) in [5, 5.41) is -0.401. The summed E-state index contributed by atoms with van der Waals surface area (Å²) in [6.07, 6.45) is 6.53. The van der Waals surface area contributed by atoms with Crippen molar-refractivity contribution in [1.29, 1.82) is 0 Å². The molecule has 1 aromatic heterocycles. The minimum absolute atomic E-state index is 0.167. The van der Waals surface area contributed by atoms with Crippen LogP contribution in [0, 0.1) is 0 Å². The maximum absolute atomic E-state index is 12.2. The van der Waals surface area contributed by atoms with Gasteiger partial charge in [-0.1, -0.05) is 0 Å². The summed E-state index contributed by atoms with van der Waals surface area (Å²) in [4.78, 5) is 39.2. The third-order valence-corrected chi connectivity index (χ3v) is 4.37. The average molecular weight is 306 g/mol. The van der Waals surface area contributed by atoms with Crippen LogP contribution in [0.5, 0.6) is 0 Å². The summed E-state index contributed by atoms with van der Waals surface area (Å²) in [6, 6.07) is 1.70. The second-order valence-electron chi connectivity index (χ2n) is 4.91. The molecule has 0 bridgehead atoms. The molecule has 3 heterocycles. The molecule has 0 saturated carbocycles. The number of hydrogen-bond donors (Lipinski definition) is 0. The molecule has 21 heavy (non-hydrogen) atoms. The number of imide groups is 1. The summed E-state index contributed by atoms with van der Waals surface area (Å²) in [6.45, 7) is 1.24. The number of carbonyl (C=O) groups excluding carboxylic acids is 3. The number of furan rings is 1. The largest absolute Gasteiger partial charge is 0.472 e. The zero-order valence-electron chi connectivity index (χ0n) is 11.3. The van der Waals surface area contributed by atoms with Gasteiger partial charge in [0.2, 0.25) is 5.91 Å². The average Bonchev–Trinajstić information content (AvgIpc) is 3.18. The van der Waals surface area contributed by atoms with Crippen LogP contribution in [-0.2, 0) is 9.59 Å². The molecule has 3 amide bonds. The molecule has 2 saturated heterocycles. The van der Waals surface area contributed by atoms with E-state index in [1.54, 1.807) is 17.0 Å². The fourth-order valence-electron chi connectivity index (χ4n) is 2.35. The van der Waals surface area contributed by atoms with Crippen molar-refractivity contribution in [1.82, 2.24) is 9.80 Å². The van der Waals surface area contributed by atoms with E-state index in [1.807, 2.05) is 0 Å². The highest BCUT2D eigenvalue weighted by Gasteiger charge is 2.37. The van der Waals surface area contributed by atoms with Crippen molar-refractivity contribution >= 4 is 34.9 Å². The van der Waals surface area contributed by atoms with Gasteiger partial charge >= 0.3 is 0 Å². The smallest absolute Gasteiger partial charge is 0.294 e. The Morgan fingerprint density at radius 1 is 1.33 bits per heavy atom. The molecular formula is C14H14N2O4S. The summed E-state index contributed by atoms with van der Waals surface area (Å²) in [7, 11) is 0. The van der Waals surface area contributed by atoms with E-state index in [0.717, 1.165) is 29.5 Å². The van der Waals surface area contributed by atoms with Gasteiger partial charge in [-0.15, -0.1) is 0 Å². The van der Waals surface area contributed by atoms with Crippen molar-refractivity contribution in [3.8, 4) is 0 Å². The topological polar surface area (TPSA) is 70.8 Å². The molecule has 0 radical (unpaired) electrons. The van der Waals surface area contributed by atoms with E-state index in [2.05, 4.69) is 0 Å². The Morgan fingerprint density at radius 2 is 2.10 bits per heavy atom. The normalized spacial score (nSPS) is 20.9. The molecule has 0 unspecified atom stereocenters. The van der Waals surface area contributed by atoms with Crippen LogP contribution in [0.2, 0.25) is 0 Å². The van der Waals surface area contributed by atoms with Crippen LogP contribution in [-0.4, -0.2) is 46.5 Å². The van der Waals surface area contributed by atoms with Crippen molar-refractivity contribution in [2.45, 2.75) is 12.8 Å². The zero-order chi connectivity index (χ0) is 14.8. The maximum Gasteiger partial charge on any atom is 0.294 e. The van der Waals surface area contributed by atoms with Gasteiger partial charge in [0.1, 0.15) is 6.54 Å². The predicted octanol–water partition coefficient (Wildman–Crippen LogP) is 1.94. The highest BCUT2D eigenvalue weighted by Crippen LogP contribution is 2.32. The number of rotatable bonds is 3. The summed E-state index contributed by atoms with van der Waals surface area (Å²) < 4.78 is 4.92. The predicted molar refractivity (Wildman–Crippen MR) is 77.2 cm³/mol. The Balaban J connectivity index is 1.70. The lowest BCUT2D eigenvalue weighted by Gasteiger charge is -2.18. The number of carbonyl (C=O) groups is 3. The third-order valence-electron chi connectivity index (χ3n) is 3.47. The molecule has 0 atom stereocenters. The lowest BCUT2D eigenvalue weighted by molar-refractivity contribution is -0.135. The van der Waals surface area contributed by atoms with Crippen LogP contribution in [0.25, 0.3) is 6.08 Å². The molecule has 0 aliphatic carbocycles. The highest BCUT2D eigenvalue weighted by atomic mass is 32.2. The Hall–Kier alpha value is -2.02. The van der Waals surface area contributed by atoms with Crippen molar-refractivity contribution in [2.75, 3.05) is 19.6 Å². The van der Waals surface area contributed by atoms with Crippen LogP contribution in [0.4, 0.5) is 4.79 Å². The second-order valence-corrected chi connectivity index (χ2v) is 5.91. The molecule has 2 fully saturated rings. The van der Waals surface area contributed by atoms with E-state index >= 15 is 0 Å². The van der Waals surface area contributed by atoms with Gasteiger partial charge in [-0.2, -0.15) is 0 Å². The van der Waals surface area contributed by atoms with E-state index in [1.165, 1.54) is 12.5 Å². The first-order valence-electron chi connectivity index (χ1n) is 6.70.